The molecule has 0 aromatic rings. The predicted molar refractivity (Wildman–Crippen MR) is 56.9 cm³/mol. The first-order valence-electron chi connectivity index (χ1n) is 5.92. The Morgan fingerprint density at radius 2 is 1.69 bits per heavy atom. The van der Waals surface area contributed by atoms with Gasteiger partial charge < -0.3 is 4.74 Å². The van der Waals surface area contributed by atoms with Crippen LogP contribution in [0.1, 0.15) is 57.8 Å². The Bertz CT molecular complexity index is 104. The van der Waals surface area contributed by atoms with Crippen LogP contribution in [0, 0.1) is 5.92 Å². The van der Waals surface area contributed by atoms with E-state index < -0.39 is 0 Å². The van der Waals surface area contributed by atoms with Gasteiger partial charge >= 0.3 is 0 Å². The van der Waals surface area contributed by atoms with Crippen LogP contribution in [-0.4, -0.2) is 13.7 Å². The van der Waals surface area contributed by atoms with Gasteiger partial charge in [-0.2, -0.15) is 0 Å². The molecule has 0 N–H and O–H groups in total. The lowest BCUT2D eigenvalue weighted by atomic mass is 9.94. The number of methoxy groups -OCH3 is 1. The van der Waals surface area contributed by atoms with Crippen molar-refractivity contribution in [1.29, 1.82) is 0 Å². The number of rotatable bonds is 5. The smallest absolute Gasteiger partial charge is 0.0462 e. The largest absolute Gasteiger partial charge is 0.385 e. The van der Waals surface area contributed by atoms with E-state index in [0.29, 0.717) is 0 Å². The van der Waals surface area contributed by atoms with Gasteiger partial charge in [0.2, 0.25) is 0 Å². The summed E-state index contributed by atoms with van der Waals surface area (Å²) in [5, 5.41) is 0. The predicted octanol–water partition coefficient (Wildman–Crippen LogP) is 3.77. The van der Waals surface area contributed by atoms with Gasteiger partial charge in [0, 0.05) is 13.7 Å². The van der Waals surface area contributed by atoms with Crippen LogP contribution in [0.5, 0.6) is 0 Å². The Morgan fingerprint density at radius 3 is 2.31 bits per heavy atom. The maximum Gasteiger partial charge on any atom is 0.0462 e. The van der Waals surface area contributed by atoms with Crippen LogP contribution in [0.4, 0.5) is 0 Å². The summed E-state index contributed by atoms with van der Waals surface area (Å²) in [6.45, 7) is 0.951. The third-order valence-electron chi connectivity index (χ3n) is 3.19. The zero-order valence-corrected chi connectivity index (χ0v) is 9.06. The van der Waals surface area contributed by atoms with Crippen LogP contribution in [-0.2, 0) is 4.74 Å². The van der Waals surface area contributed by atoms with Gasteiger partial charge in [0.05, 0.1) is 0 Å². The molecular formula is C12H24O. The SMILES string of the molecule is COCCCCC1CCCCCC1. The Hall–Kier alpha value is -0.0400. The van der Waals surface area contributed by atoms with E-state index >= 15 is 0 Å². The minimum absolute atomic E-state index is 0.951. The molecule has 1 rings (SSSR count). The molecule has 0 heterocycles. The summed E-state index contributed by atoms with van der Waals surface area (Å²) in [6, 6.07) is 0. The topological polar surface area (TPSA) is 9.23 Å². The molecule has 1 heteroatoms. The average Bonchev–Trinajstić information content (AvgIpc) is 2.41. The first-order valence-corrected chi connectivity index (χ1v) is 5.92. The van der Waals surface area contributed by atoms with Crippen LogP contribution in [0.2, 0.25) is 0 Å². The minimum atomic E-state index is 0.951. The molecule has 0 radical (unpaired) electrons. The fourth-order valence-corrected chi connectivity index (χ4v) is 2.33. The Morgan fingerprint density at radius 1 is 1.00 bits per heavy atom. The number of hydrogen-bond acceptors (Lipinski definition) is 1. The molecule has 0 aromatic heterocycles. The van der Waals surface area contributed by atoms with E-state index in [1.165, 1.54) is 57.8 Å². The zero-order valence-electron chi connectivity index (χ0n) is 9.06. The van der Waals surface area contributed by atoms with E-state index in [0.717, 1.165) is 12.5 Å². The summed E-state index contributed by atoms with van der Waals surface area (Å²) in [5.41, 5.74) is 0. The minimum Gasteiger partial charge on any atom is -0.385 e. The van der Waals surface area contributed by atoms with E-state index in [4.69, 9.17) is 4.74 Å². The molecule has 1 fully saturated rings. The van der Waals surface area contributed by atoms with Crippen molar-refractivity contribution in [2.24, 2.45) is 5.92 Å². The summed E-state index contributed by atoms with van der Waals surface area (Å²) >= 11 is 0. The zero-order chi connectivity index (χ0) is 9.36. The van der Waals surface area contributed by atoms with Crippen molar-refractivity contribution < 1.29 is 4.74 Å². The van der Waals surface area contributed by atoms with Gasteiger partial charge in [0.1, 0.15) is 0 Å². The van der Waals surface area contributed by atoms with Gasteiger partial charge in [0.15, 0.2) is 0 Å². The van der Waals surface area contributed by atoms with Gasteiger partial charge in [-0.3, -0.25) is 0 Å². The number of ether oxygens (including phenoxy) is 1. The maximum absolute atomic E-state index is 5.06. The highest BCUT2D eigenvalue weighted by atomic mass is 16.5. The van der Waals surface area contributed by atoms with Crippen LogP contribution in [0.25, 0.3) is 0 Å². The van der Waals surface area contributed by atoms with Crippen molar-refractivity contribution in [2.75, 3.05) is 13.7 Å². The number of hydrogen-bond donors (Lipinski definition) is 0. The maximum atomic E-state index is 5.06. The second-order valence-electron chi connectivity index (χ2n) is 4.35. The van der Waals surface area contributed by atoms with Crippen molar-refractivity contribution in [3.63, 3.8) is 0 Å². The first kappa shape index (κ1) is 11.0. The summed E-state index contributed by atoms with van der Waals surface area (Å²) in [6.07, 6.45) is 13.0. The van der Waals surface area contributed by atoms with Gasteiger partial charge in [-0.05, 0) is 12.3 Å². The van der Waals surface area contributed by atoms with Crippen molar-refractivity contribution >= 4 is 0 Å². The standard InChI is InChI=1S/C12H24O/c1-13-11-7-6-10-12-8-4-2-3-5-9-12/h12H,2-11H2,1H3. The normalized spacial score (nSPS) is 20.1. The fraction of sp³-hybridized carbons (Fsp3) is 1.00. The molecule has 0 saturated heterocycles. The Kier molecular flexibility index (Phi) is 6.26. The monoisotopic (exact) mass is 184 g/mol. The van der Waals surface area contributed by atoms with Crippen molar-refractivity contribution in [2.45, 2.75) is 57.8 Å². The lowest BCUT2D eigenvalue weighted by Crippen LogP contribution is -1.99. The molecule has 0 aromatic carbocycles. The van der Waals surface area contributed by atoms with E-state index in [1.807, 2.05) is 0 Å². The highest BCUT2D eigenvalue weighted by Crippen LogP contribution is 2.26. The third kappa shape index (κ3) is 5.30. The molecule has 78 valence electrons. The quantitative estimate of drug-likeness (QED) is 0.467. The van der Waals surface area contributed by atoms with Crippen molar-refractivity contribution in [3.05, 3.63) is 0 Å². The average molecular weight is 184 g/mol. The molecule has 0 amide bonds. The summed E-state index contributed by atoms with van der Waals surface area (Å²) in [4.78, 5) is 0. The molecule has 0 atom stereocenters. The molecule has 1 aliphatic rings. The molecule has 0 bridgehead atoms. The molecule has 1 saturated carbocycles. The summed E-state index contributed by atoms with van der Waals surface area (Å²) in [7, 11) is 1.80. The van der Waals surface area contributed by atoms with Gasteiger partial charge in [0.25, 0.3) is 0 Å². The highest BCUT2D eigenvalue weighted by Gasteiger charge is 2.11. The van der Waals surface area contributed by atoms with Crippen LogP contribution < -0.4 is 0 Å². The molecule has 1 nitrogen and oxygen atoms in total. The Labute approximate surface area is 82.9 Å². The Balaban J connectivity index is 1.98. The second-order valence-corrected chi connectivity index (χ2v) is 4.35. The summed E-state index contributed by atoms with van der Waals surface area (Å²) < 4.78 is 5.06. The third-order valence-corrected chi connectivity index (χ3v) is 3.19. The van der Waals surface area contributed by atoms with Crippen molar-refractivity contribution in [3.8, 4) is 0 Å². The van der Waals surface area contributed by atoms with E-state index in [1.54, 1.807) is 7.11 Å². The van der Waals surface area contributed by atoms with E-state index in [-0.39, 0.29) is 0 Å². The fourth-order valence-electron chi connectivity index (χ4n) is 2.33. The lowest BCUT2D eigenvalue weighted by molar-refractivity contribution is 0.189. The van der Waals surface area contributed by atoms with Gasteiger partial charge in [-0.1, -0.05) is 51.4 Å². The van der Waals surface area contributed by atoms with Gasteiger partial charge in [-0.25, -0.2) is 0 Å². The van der Waals surface area contributed by atoms with Gasteiger partial charge in [-0.15, -0.1) is 0 Å². The lowest BCUT2D eigenvalue weighted by Gasteiger charge is -2.12. The van der Waals surface area contributed by atoms with Crippen LogP contribution >= 0.6 is 0 Å². The second kappa shape index (κ2) is 7.37. The number of unbranched alkanes of at least 4 members (excludes halogenated alkanes) is 1. The first-order chi connectivity index (χ1) is 6.43. The van der Waals surface area contributed by atoms with Crippen LogP contribution in [0.15, 0.2) is 0 Å². The summed E-state index contributed by atoms with van der Waals surface area (Å²) in [5.74, 6) is 1.04. The molecule has 0 unspecified atom stereocenters. The molecule has 0 aliphatic heterocycles. The van der Waals surface area contributed by atoms with Crippen LogP contribution in [0.3, 0.4) is 0 Å². The molecule has 1 aliphatic carbocycles. The molecular weight excluding hydrogens is 160 g/mol. The van der Waals surface area contributed by atoms with E-state index in [2.05, 4.69) is 0 Å². The van der Waals surface area contributed by atoms with Crippen molar-refractivity contribution in [1.82, 2.24) is 0 Å². The van der Waals surface area contributed by atoms with E-state index in [9.17, 15) is 0 Å². The molecule has 0 spiro atoms. The molecule has 13 heavy (non-hydrogen) atoms. The highest BCUT2D eigenvalue weighted by molar-refractivity contribution is 4.64.